The van der Waals surface area contributed by atoms with Crippen LogP contribution in [0.1, 0.15) is 25.5 Å². The smallest absolute Gasteiger partial charge is 0.155 e. The highest BCUT2D eigenvalue weighted by atomic mass is 15.4. The molecule has 0 amide bonds. The monoisotopic (exact) mass is 285 g/mol. The molecule has 0 spiro atoms. The minimum atomic E-state index is 0.327. The number of benzene rings is 1. The number of nitrogens with zero attached hydrogens (tertiary/aromatic N) is 4. The third-order valence-electron chi connectivity index (χ3n) is 4.13. The normalized spacial score (nSPS) is 14.7. The standard InChI is InChI=1S/C16H23N5/c1-11(2)15-14(17)16(20(4)18-15)21-10-9-19(3)12-7-5-6-8-13(12)21/h5-8,11H,9-10,17H2,1-4H3. The Morgan fingerprint density at radius 2 is 1.76 bits per heavy atom. The molecule has 5 nitrogen and oxygen atoms in total. The van der Waals surface area contributed by atoms with Crippen LogP contribution in [0.5, 0.6) is 0 Å². The van der Waals surface area contributed by atoms with Crippen LogP contribution in [0, 0.1) is 0 Å². The van der Waals surface area contributed by atoms with Crippen LogP contribution in [0.25, 0.3) is 0 Å². The van der Waals surface area contributed by atoms with Gasteiger partial charge in [-0.3, -0.25) is 4.68 Å². The topological polar surface area (TPSA) is 50.3 Å². The summed E-state index contributed by atoms with van der Waals surface area (Å²) in [6.07, 6.45) is 0. The lowest BCUT2D eigenvalue weighted by Crippen LogP contribution is -2.37. The molecule has 2 N–H and O–H groups in total. The van der Waals surface area contributed by atoms with Crippen molar-refractivity contribution in [1.82, 2.24) is 9.78 Å². The lowest BCUT2D eigenvalue weighted by atomic mass is 10.1. The number of anilines is 4. The van der Waals surface area contributed by atoms with Crippen molar-refractivity contribution in [3.63, 3.8) is 0 Å². The van der Waals surface area contributed by atoms with Gasteiger partial charge in [0.2, 0.25) is 0 Å². The lowest BCUT2D eigenvalue weighted by molar-refractivity contribution is 0.698. The van der Waals surface area contributed by atoms with Crippen molar-refractivity contribution in [2.45, 2.75) is 19.8 Å². The molecule has 1 aromatic carbocycles. The van der Waals surface area contributed by atoms with E-state index in [0.717, 1.165) is 30.3 Å². The first-order valence-corrected chi connectivity index (χ1v) is 7.40. The summed E-state index contributed by atoms with van der Waals surface area (Å²) >= 11 is 0. The maximum absolute atomic E-state index is 6.39. The Balaban J connectivity index is 2.12. The molecule has 1 aliphatic heterocycles. The van der Waals surface area contributed by atoms with Crippen LogP contribution >= 0.6 is 0 Å². The van der Waals surface area contributed by atoms with E-state index in [1.165, 1.54) is 11.4 Å². The minimum absolute atomic E-state index is 0.327. The number of fused-ring (bicyclic) bond motifs is 1. The zero-order valence-electron chi connectivity index (χ0n) is 13.2. The van der Waals surface area contributed by atoms with E-state index >= 15 is 0 Å². The first kappa shape index (κ1) is 13.8. The molecule has 2 aromatic rings. The summed E-state index contributed by atoms with van der Waals surface area (Å²) in [6.45, 7) is 6.13. The van der Waals surface area contributed by atoms with Crippen molar-refractivity contribution in [3.05, 3.63) is 30.0 Å². The summed E-state index contributed by atoms with van der Waals surface area (Å²) in [5, 5.41) is 4.61. The molecule has 0 saturated heterocycles. The zero-order valence-corrected chi connectivity index (χ0v) is 13.2. The second kappa shape index (κ2) is 4.98. The van der Waals surface area contributed by atoms with Crippen molar-refractivity contribution >= 4 is 22.9 Å². The molecule has 21 heavy (non-hydrogen) atoms. The van der Waals surface area contributed by atoms with Crippen LogP contribution in [0.2, 0.25) is 0 Å². The van der Waals surface area contributed by atoms with Gasteiger partial charge < -0.3 is 15.5 Å². The van der Waals surface area contributed by atoms with Gasteiger partial charge in [0.15, 0.2) is 5.82 Å². The average molecular weight is 285 g/mol. The molecule has 0 aliphatic carbocycles. The molecule has 0 atom stereocenters. The van der Waals surface area contributed by atoms with Gasteiger partial charge in [0, 0.05) is 27.2 Å². The van der Waals surface area contributed by atoms with Crippen molar-refractivity contribution < 1.29 is 0 Å². The van der Waals surface area contributed by atoms with E-state index in [0.29, 0.717) is 5.92 Å². The minimum Gasteiger partial charge on any atom is -0.394 e. The Bertz CT molecular complexity index is 659. The van der Waals surface area contributed by atoms with Crippen LogP contribution in [0.3, 0.4) is 0 Å². The first-order valence-electron chi connectivity index (χ1n) is 7.40. The molecule has 0 saturated carbocycles. The molecule has 0 bridgehead atoms. The van der Waals surface area contributed by atoms with Gasteiger partial charge in [0.1, 0.15) is 0 Å². The predicted octanol–water partition coefficient (Wildman–Crippen LogP) is 2.71. The Hall–Kier alpha value is -2.17. The number of hydrogen-bond acceptors (Lipinski definition) is 4. The Morgan fingerprint density at radius 1 is 1.10 bits per heavy atom. The molecule has 0 radical (unpaired) electrons. The molecule has 1 aromatic heterocycles. The first-order chi connectivity index (χ1) is 10.0. The number of nitrogens with two attached hydrogens (primary N) is 1. The van der Waals surface area contributed by atoms with Gasteiger partial charge >= 0.3 is 0 Å². The molecular formula is C16H23N5. The van der Waals surface area contributed by atoms with Gasteiger partial charge in [0.05, 0.1) is 22.8 Å². The van der Waals surface area contributed by atoms with Gasteiger partial charge in [-0.25, -0.2) is 0 Å². The van der Waals surface area contributed by atoms with E-state index in [-0.39, 0.29) is 0 Å². The zero-order chi connectivity index (χ0) is 15.1. The summed E-state index contributed by atoms with van der Waals surface area (Å²) in [4.78, 5) is 4.56. The number of rotatable bonds is 2. The summed E-state index contributed by atoms with van der Waals surface area (Å²) < 4.78 is 1.91. The fourth-order valence-electron chi connectivity index (χ4n) is 3.02. The fourth-order valence-corrected chi connectivity index (χ4v) is 3.02. The Labute approximate surface area is 126 Å². The van der Waals surface area contributed by atoms with Gasteiger partial charge in [-0.1, -0.05) is 26.0 Å². The SMILES string of the molecule is CC(C)c1nn(C)c(N2CCN(C)c3ccccc32)c1N. The molecule has 3 rings (SSSR count). The molecule has 0 unspecified atom stereocenters. The van der Waals surface area contributed by atoms with Crippen molar-refractivity contribution in [2.75, 3.05) is 35.7 Å². The molecule has 5 heteroatoms. The number of para-hydroxylation sites is 2. The van der Waals surface area contributed by atoms with Crippen molar-refractivity contribution in [1.29, 1.82) is 0 Å². The molecular weight excluding hydrogens is 262 g/mol. The van der Waals surface area contributed by atoms with Crippen LogP contribution in [-0.4, -0.2) is 29.9 Å². The third-order valence-corrected chi connectivity index (χ3v) is 4.13. The van der Waals surface area contributed by atoms with Crippen LogP contribution in [-0.2, 0) is 7.05 Å². The van der Waals surface area contributed by atoms with E-state index in [4.69, 9.17) is 5.73 Å². The number of nitrogen functional groups attached to an aromatic ring is 1. The largest absolute Gasteiger partial charge is 0.394 e. The Morgan fingerprint density at radius 3 is 2.38 bits per heavy atom. The van der Waals surface area contributed by atoms with E-state index in [2.05, 4.69) is 60.1 Å². The van der Waals surface area contributed by atoms with Crippen LogP contribution < -0.4 is 15.5 Å². The number of aryl methyl sites for hydroxylation is 1. The highest BCUT2D eigenvalue weighted by Crippen LogP contribution is 2.40. The van der Waals surface area contributed by atoms with Gasteiger partial charge in [-0.05, 0) is 18.1 Å². The van der Waals surface area contributed by atoms with Crippen LogP contribution in [0.15, 0.2) is 24.3 Å². The predicted molar refractivity (Wildman–Crippen MR) is 88.4 cm³/mol. The fraction of sp³-hybridized carbons (Fsp3) is 0.438. The summed E-state index contributed by atoms with van der Waals surface area (Å²) in [5.41, 5.74) is 10.6. The summed E-state index contributed by atoms with van der Waals surface area (Å²) in [5.74, 6) is 1.33. The van der Waals surface area contributed by atoms with E-state index in [1.54, 1.807) is 0 Å². The number of likely N-dealkylation sites (N-methyl/N-ethyl adjacent to an activating group) is 1. The molecule has 0 fully saturated rings. The van der Waals surface area contributed by atoms with Crippen LogP contribution in [0.4, 0.5) is 22.9 Å². The second-order valence-corrected chi connectivity index (χ2v) is 5.96. The number of hydrogen-bond donors (Lipinski definition) is 1. The highest BCUT2D eigenvalue weighted by molar-refractivity contribution is 5.82. The maximum Gasteiger partial charge on any atom is 0.155 e. The summed E-state index contributed by atoms with van der Waals surface area (Å²) in [6, 6.07) is 8.44. The summed E-state index contributed by atoms with van der Waals surface area (Å²) in [7, 11) is 4.10. The van der Waals surface area contributed by atoms with Gasteiger partial charge in [-0.2, -0.15) is 5.10 Å². The average Bonchev–Trinajstić information content (AvgIpc) is 2.76. The van der Waals surface area contributed by atoms with E-state index in [9.17, 15) is 0 Å². The molecule has 1 aliphatic rings. The van der Waals surface area contributed by atoms with Gasteiger partial charge in [0.25, 0.3) is 0 Å². The van der Waals surface area contributed by atoms with E-state index in [1.807, 2.05) is 11.7 Å². The Kier molecular flexibility index (Phi) is 3.27. The van der Waals surface area contributed by atoms with Gasteiger partial charge in [-0.15, -0.1) is 0 Å². The number of aromatic nitrogens is 2. The molecule has 2 heterocycles. The highest BCUT2D eigenvalue weighted by Gasteiger charge is 2.27. The lowest BCUT2D eigenvalue weighted by Gasteiger charge is -2.36. The maximum atomic E-state index is 6.39. The third kappa shape index (κ3) is 2.13. The molecule has 112 valence electrons. The quantitative estimate of drug-likeness (QED) is 0.921. The van der Waals surface area contributed by atoms with Crippen molar-refractivity contribution in [3.8, 4) is 0 Å². The van der Waals surface area contributed by atoms with E-state index < -0.39 is 0 Å². The van der Waals surface area contributed by atoms with Crippen molar-refractivity contribution in [2.24, 2.45) is 7.05 Å². The second-order valence-electron chi connectivity index (χ2n) is 5.96.